The predicted molar refractivity (Wildman–Crippen MR) is 49.9 cm³/mol. The Hall–Kier alpha value is 0.480. The lowest BCUT2D eigenvalue weighted by Crippen LogP contribution is -2.37. The van der Waals surface area contributed by atoms with E-state index in [1.54, 1.807) is 25.7 Å². The number of halogens is 1. The van der Waals surface area contributed by atoms with E-state index in [1.165, 1.54) is 19.3 Å². The average molecular weight is 215 g/mol. The van der Waals surface area contributed by atoms with Gasteiger partial charge in [0.25, 0.3) is 0 Å². The van der Waals surface area contributed by atoms with Gasteiger partial charge in [0, 0.05) is 4.83 Å². The molecule has 0 aromatic carbocycles. The minimum absolute atomic E-state index is 0.824. The second-order valence-corrected chi connectivity index (χ2v) is 6.20. The first kappa shape index (κ1) is 6.94. The van der Waals surface area contributed by atoms with Gasteiger partial charge in [0.15, 0.2) is 0 Å². The van der Waals surface area contributed by atoms with Crippen LogP contribution in [0.3, 0.4) is 0 Å². The molecule has 0 heterocycles. The van der Waals surface area contributed by atoms with Crippen molar-refractivity contribution in [2.75, 3.05) is 0 Å². The van der Waals surface area contributed by atoms with Gasteiger partial charge in [0.1, 0.15) is 0 Å². The maximum Gasteiger partial charge on any atom is 0.0208 e. The first-order chi connectivity index (χ1) is 5.25. The number of alkyl halides is 1. The van der Waals surface area contributed by atoms with E-state index in [4.69, 9.17) is 0 Å². The molecule has 1 unspecified atom stereocenters. The highest BCUT2D eigenvalue weighted by molar-refractivity contribution is 9.09. The Morgan fingerprint density at radius 1 is 1.09 bits per heavy atom. The van der Waals surface area contributed by atoms with E-state index < -0.39 is 0 Å². The van der Waals surface area contributed by atoms with Gasteiger partial charge in [-0.1, -0.05) is 28.8 Å². The van der Waals surface area contributed by atoms with Gasteiger partial charge in [-0.2, -0.15) is 0 Å². The largest absolute Gasteiger partial charge is 0.0884 e. The summed E-state index contributed by atoms with van der Waals surface area (Å²) in [6.45, 7) is 0. The summed E-state index contributed by atoms with van der Waals surface area (Å²) in [5.74, 6) is 0. The lowest BCUT2D eigenvalue weighted by molar-refractivity contribution is 0.0446. The minimum Gasteiger partial charge on any atom is -0.0884 e. The minimum atomic E-state index is 0.824. The summed E-state index contributed by atoms with van der Waals surface area (Å²) in [5.41, 5.74) is 1.69. The molecule has 11 heavy (non-hydrogen) atoms. The Balaban J connectivity index is 1.71. The summed E-state index contributed by atoms with van der Waals surface area (Å²) < 4.78 is 0. The molecule has 1 atom stereocenters. The SMILES string of the molecule is BrC1CC12CC1(CCCC1)C2. The molecule has 3 rings (SSSR count). The zero-order chi connectivity index (χ0) is 7.53. The Morgan fingerprint density at radius 2 is 1.64 bits per heavy atom. The summed E-state index contributed by atoms with van der Waals surface area (Å²) >= 11 is 3.75. The smallest absolute Gasteiger partial charge is 0.0208 e. The fraction of sp³-hybridized carbons (Fsp3) is 1.00. The standard InChI is InChI=1S/C10H15Br/c11-8-5-10(8)6-9(7-10)3-1-2-4-9/h8H,1-7H2. The van der Waals surface area contributed by atoms with Crippen LogP contribution in [0.25, 0.3) is 0 Å². The quantitative estimate of drug-likeness (QED) is 0.542. The summed E-state index contributed by atoms with van der Waals surface area (Å²) in [6.07, 6.45) is 10.7. The maximum absolute atomic E-state index is 3.75. The fourth-order valence-corrected chi connectivity index (χ4v) is 4.55. The molecular formula is C10H15Br. The summed E-state index contributed by atoms with van der Waals surface area (Å²) in [7, 11) is 0. The normalized spacial score (nSPS) is 42.8. The molecule has 0 amide bonds. The molecule has 0 nitrogen and oxygen atoms in total. The highest BCUT2D eigenvalue weighted by Crippen LogP contribution is 2.74. The monoisotopic (exact) mass is 214 g/mol. The molecule has 0 radical (unpaired) electrons. The second kappa shape index (κ2) is 1.86. The van der Waals surface area contributed by atoms with Gasteiger partial charge in [-0.05, 0) is 42.9 Å². The topological polar surface area (TPSA) is 0 Å². The van der Waals surface area contributed by atoms with Crippen LogP contribution in [-0.4, -0.2) is 4.83 Å². The number of hydrogen-bond donors (Lipinski definition) is 0. The summed E-state index contributed by atoms with van der Waals surface area (Å²) in [6, 6.07) is 0. The van der Waals surface area contributed by atoms with E-state index in [2.05, 4.69) is 15.9 Å². The fourth-order valence-electron chi connectivity index (χ4n) is 3.58. The Labute approximate surface area is 76.9 Å². The molecule has 0 aromatic rings. The zero-order valence-electron chi connectivity index (χ0n) is 6.91. The van der Waals surface area contributed by atoms with E-state index in [-0.39, 0.29) is 0 Å². The van der Waals surface area contributed by atoms with Gasteiger partial charge in [-0.25, -0.2) is 0 Å². The lowest BCUT2D eigenvalue weighted by atomic mass is 9.59. The first-order valence-electron chi connectivity index (χ1n) is 4.89. The third-order valence-corrected chi connectivity index (χ3v) is 5.50. The van der Waals surface area contributed by atoms with Gasteiger partial charge in [0.05, 0.1) is 0 Å². The summed E-state index contributed by atoms with van der Waals surface area (Å²) in [4.78, 5) is 0.904. The molecule has 1 heteroatoms. The third-order valence-electron chi connectivity index (χ3n) is 4.21. The molecule has 3 saturated carbocycles. The van der Waals surface area contributed by atoms with Crippen molar-refractivity contribution in [1.82, 2.24) is 0 Å². The van der Waals surface area contributed by atoms with Crippen LogP contribution in [0.4, 0.5) is 0 Å². The van der Waals surface area contributed by atoms with Crippen molar-refractivity contribution in [2.45, 2.75) is 49.8 Å². The van der Waals surface area contributed by atoms with Gasteiger partial charge in [0.2, 0.25) is 0 Å². The van der Waals surface area contributed by atoms with Crippen LogP contribution < -0.4 is 0 Å². The molecule has 0 bridgehead atoms. The Morgan fingerprint density at radius 3 is 2.09 bits per heavy atom. The van der Waals surface area contributed by atoms with Crippen molar-refractivity contribution in [3.8, 4) is 0 Å². The first-order valence-corrected chi connectivity index (χ1v) is 5.81. The molecule has 62 valence electrons. The lowest BCUT2D eigenvalue weighted by Gasteiger charge is -2.47. The van der Waals surface area contributed by atoms with Gasteiger partial charge >= 0.3 is 0 Å². The van der Waals surface area contributed by atoms with Crippen molar-refractivity contribution in [3.05, 3.63) is 0 Å². The van der Waals surface area contributed by atoms with Crippen LogP contribution in [-0.2, 0) is 0 Å². The molecule has 3 fully saturated rings. The number of hydrogen-bond acceptors (Lipinski definition) is 0. The Bertz CT molecular complexity index is 183. The molecule has 0 N–H and O–H groups in total. The molecular weight excluding hydrogens is 200 g/mol. The van der Waals surface area contributed by atoms with E-state index in [0.29, 0.717) is 0 Å². The maximum atomic E-state index is 3.75. The number of rotatable bonds is 0. The van der Waals surface area contributed by atoms with Gasteiger partial charge in [-0.3, -0.25) is 0 Å². The van der Waals surface area contributed by atoms with Crippen LogP contribution in [0.5, 0.6) is 0 Å². The summed E-state index contributed by atoms with van der Waals surface area (Å²) in [5, 5.41) is 0. The highest BCUT2D eigenvalue weighted by Gasteiger charge is 2.66. The van der Waals surface area contributed by atoms with Crippen LogP contribution in [0.15, 0.2) is 0 Å². The van der Waals surface area contributed by atoms with Crippen molar-refractivity contribution in [3.63, 3.8) is 0 Å². The Kier molecular flexibility index (Phi) is 1.18. The van der Waals surface area contributed by atoms with Crippen LogP contribution in [0.2, 0.25) is 0 Å². The van der Waals surface area contributed by atoms with Crippen LogP contribution >= 0.6 is 15.9 Å². The molecule has 0 aromatic heterocycles. The molecule has 2 spiro atoms. The molecule has 0 saturated heterocycles. The zero-order valence-corrected chi connectivity index (χ0v) is 8.49. The molecule has 3 aliphatic carbocycles. The van der Waals surface area contributed by atoms with Crippen molar-refractivity contribution in [1.29, 1.82) is 0 Å². The molecule has 0 aliphatic heterocycles. The van der Waals surface area contributed by atoms with Gasteiger partial charge < -0.3 is 0 Å². The third kappa shape index (κ3) is 0.811. The average Bonchev–Trinajstić information content (AvgIpc) is 2.43. The van der Waals surface area contributed by atoms with Crippen molar-refractivity contribution in [2.24, 2.45) is 10.8 Å². The van der Waals surface area contributed by atoms with E-state index in [0.717, 1.165) is 15.7 Å². The molecule has 3 aliphatic rings. The van der Waals surface area contributed by atoms with Crippen molar-refractivity contribution < 1.29 is 0 Å². The van der Waals surface area contributed by atoms with E-state index >= 15 is 0 Å². The van der Waals surface area contributed by atoms with Gasteiger partial charge in [-0.15, -0.1) is 0 Å². The van der Waals surface area contributed by atoms with E-state index in [9.17, 15) is 0 Å². The predicted octanol–water partition coefficient (Wildman–Crippen LogP) is 3.49. The van der Waals surface area contributed by atoms with E-state index in [1.807, 2.05) is 0 Å². The second-order valence-electron chi connectivity index (χ2n) is 5.09. The van der Waals surface area contributed by atoms with Crippen molar-refractivity contribution >= 4 is 15.9 Å². The van der Waals surface area contributed by atoms with Crippen LogP contribution in [0, 0.1) is 10.8 Å². The highest BCUT2D eigenvalue weighted by atomic mass is 79.9. The van der Waals surface area contributed by atoms with Crippen LogP contribution in [0.1, 0.15) is 44.9 Å².